The number of rotatable bonds is 9. The number of benzene rings is 2. The predicted molar refractivity (Wildman–Crippen MR) is 147 cm³/mol. The predicted octanol–water partition coefficient (Wildman–Crippen LogP) is 4.71. The lowest BCUT2D eigenvalue weighted by Gasteiger charge is -2.33. The van der Waals surface area contributed by atoms with E-state index in [9.17, 15) is 9.59 Å². The Morgan fingerprint density at radius 3 is 2.57 bits per heavy atom. The molecule has 1 saturated heterocycles. The van der Waals surface area contributed by atoms with Crippen LogP contribution in [0.15, 0.2) is 65.7 Å². The van der Waals surface area contributed by atoms with Crippen molar-refractivity contribution < 1.29 is 4.79 Å². The normalized spacial score (nSPS) is 17.7. The number of nitrogens with one attached hydrogen (secondary N) is 2. The van der Waals surface area contributed by atoms with Crippen molar-refractivity contribution in [2.45, 2.75) is 58.0 Å². The number of aryl methyl sites for hydroxylation is 1. The fraction of sp³-hybridized carbons (Fsp3) is 0.433. The summed E-state index contributed by atoms with van der Waals surface area (Å²) in [6, 6.07) is 16.0. The standard InChI is InChI=1S/C30H37N5O2/c1-21-11-12-24(29(36)32-25-13-14-25)19-26(21)35-18-15-31-28(30(35)37)33-27(23-9-5-3-6-10-23)22(2)20-34-16-7-4-8-17-34/h3,5-6,9-12,15,18-19,22,25,27H,4,7-8,13-14,16-17,20H2,1-2H3,(H,31,33)(H,32,36)/t22-,27+/m0/s1. The molecule has 7 nitrogen and oxygen atoms in total. The molecule has 0 radical (unpaired) electrons. The molecule has 2 heterocycles. The van der Waals surface area contributed by atoms with Crippen molar-refractivity contribution in [2.75, 3.05) is 25.0 Å². The van der Waals surface area contributed by atoms with Crippen molar-refractivity contribution >= 4 is 11.7 Å². The Kier molecular flexibility index (Phi) is 7.70. The Morgan fingerprint density at radius 1 is 1.08 bits per heavy atom. The number of carbonyl (C=O) groups is 1. The maximum Gasteiger partial charge on any atom is 0.297 e. The SMILES string of the molecule is Cc1ccc(C(=O)NC2CC2)cc1-n1ccnc(N[C@@H](c2ccccc2)[C@@H](C)CN2CCCCC2)c1=O. The van der Waals surface area contributed by atoms with Crippen molar-refractivity contribution in [3.05, 3.63) is 88.0 Å². The van der Waals surface area contributed by atoms with E-state index in [1.54, 1.807) is 23.0 Å². The first-order chi connectivity index (χ1) is 18.0. The lowest BCUT2D eigenvalue weighted by Crippen LogP contribution is -2.37. The molecule has 1 saturated carbocycles. The molecule has 194 valence electrons. The van der Waals surface area contributed by atoms with Crippen LogP contribution in [0.5, 0.6) is 0 Å². The molecule has 7 heteroatoms. The van der Waals surface area contributed by atoms with Gasteiger partial charge in [0.15, 0.2) is 5.82 Å². The molecule has 0 bridgehead atoms. The van der Waals surface area contributed by atoms with Gasteiger partial charge in [-0.15, -0.1) is 0 Å². The molecule has 2 aromatic carbocycles. The number of piperidine rings is 1. The summed E-state index contributed by atoms with van der Waals surface area (Å²) in [5.74, 6) is 0.487. The molecule has 0 spiro atoms. The van der Waals surface area contributed by atoms with Gasteiger partial charge in [-0.3, -0.25) is 14.2 Å². The molecule has 2 N–H and O–H groups in total. The Bertz CT molecular complexity index is 1280. The molecule has 1 amide bonds. The number of carbonyl (C=O) groups excluding carboxylic acids is 1. The molecule has 2 atom stereocenters. The van der Waals surface area contributed by atoms with E-state index in [4.69, 9.17) is 0 Å². The highest BCUT2D eigenvalue weighted by Gasteiger charge is 2.26. The zero-order valence-electron chi connectivity index (χ0n) is 21.8. The van der Waals surface area contributed by atoms with Crippen molar-refractivity contribution in [3.63, 3.8) is 0 Å². The number of hydrogen-bond donors (Lipinski definition) is 2. The van der Waals surface area contributed by atoms with Crippen LogP contribution in [0, 0.1) is 12.8 Å². The second-order valence-electron chi connectivity index (χ2n) is 10.6. The number of amides is 1. The van der Waals surface area contributed by atoms with Gasteiger partial charge in [0.25, 0.3) is 11.5 Å². The zero-order valence-corrected chi connectivity index (χ0v) is 21.8. The molecule has 1 aliphatic carbocycles. The van der Waals surface area contributed by atoms with Gasteiger partial charge in [0, 0.05) is 30.5 Å². The van der Waals surface area contributed by atoms with Crippen LogP contribution < -0.4 is 16.2 Å². The number of nitrogens with zero attached hydrogens (tertiary/aromatic N) is 3. The third-order valence-electron chi connectivity index (χ3n) is 7.50. The molecule has 5 rings (SSSR count). The minimum absolute atomic E-state index is 0.0593. The van der Waals surface area contributed by atoms with Crippen LogP contribution in [0.2, 0.25) is 0 Å². The van der Waals surface area contributed by atoms with E-state index in [0.717, 1.165) is 43.6 Å². The topological polar surface area (TPSA) is 79.3 Å². The van der Waals surface area contributed by atoms with Crippen molar-refractivity contribution in [1.82, 2.24) is 19.8 Å². The molecule has 3 aromatic rings. The second-order valence-corrected chi connectivity index (χ2v) is 10.6. The lowest BCUT2D eigenvalue weighted by atomic mass is 9.93. The number of likely N-dealkylation sites (tertiary alicyclic amines) is 1. The van der Waals surface area contributed by atoms with E-state index in [1.165, 1.54) is 19.3 Å². The summed E-state index contributed by atoms with van der Waals surface area (Å²) >= 11 is 0. The summed E-state index contributed by atoms with van der Waals surface area (Å²) < 4.78 is 1.59. The zero-order chi connectivity index (χ0) is 25.8. The van der Waals surface area contributed by atoms with Crippen LogP contribution in [-0.4, -0.2) is 46.0 Å². The van der Waals surface area contributed by atoms with E-state index in [0.29, 0.717) is 17.1 Å². The largest absolute Gasteiger partial charge is 0.358 e. The van der Waals surface area contributed by atoms with Crippen molar-refractivity contribution in [3.8, 4) is 5.69 Å². The molecular formula is C30H37N5O2. The summed E-state index contributed by atoms with van der Waals surface area (Å²) in [5.41, 5.74) is 3.08. The highest BCUT2D eigenvalue weighted by molar-refractivity contribution is 5.95. The average Bonchev–Trinajstić information content (AvgIpc) is 3.73. The van der Waals surface area contributed by atoms with Gasteiger partial charge < -0.3 is 15.5 Å². The minimum atomic E-state index is -0.226. The third kappa shape index (κ3) is 6.10. The quantitative estimate of drug-likeness (QED) is 0.446. The maximum absolute atomic E-state index is 13.7. The lowest BCUT2D eigenvalue weighted by molar-refractivity contribution is 0.0951. The summed E-state index contributed by atoms with van der Waals surface area (Å²) in [7, 11) is 0. The Morgan fingerprint density at radius 2 is 1.84 bits per heavy atom. The van der Waals surface area contributed by atoms with Gasteiger partial charge in [-0.05, 0) is 74.9 Å². The van der Waals surface area contributed by atoms with E-state index >= 15 is 0 Å². The molecule has 1 aliphatic heterocycles. The van der Waals surface area contributed by atoms with Crippen LogP contribution >= 0.6 is 0 Å². The van der Waals surface area contributed by atoms with E-state index in [2.05, 4.69) is 39.6 Å². The van der Waals surface area contributed by atoms with Gasteiger partial charge in [0.2, 0.25) is 0 Å². The molecule has 37 heavy (non-hydrogen) atoms. The highest BCUT2D eigenvalue weighted by Crippen LogP contribution is 2.27. The van der Waals surface area contributed by atoms with Crippen LogP contribution in [0.1, 0.15) is 66.6 Å². The van der Waals surface area contributed by atoms with Gasteiger partial charge >= 0.3 is 0 Å². The van der Waals surface area contributed by atoms with Crippen LogP contribution in [0.4, 0.5) is 5.82 Å². The number of aromatic nitrogens is 2. The van der Waals surface area contributed by atoms with Crippen molar-refractivity contribution in [2.24, 2.45) is 5.92 Å². The Labute approximate surface area is 218 Å². The first-order valence-corrected chi connectivity index (χ1v) is 13.5. The summed E-state index contributed by atoms with van der Waals surface area (Å²) in [6.07, 6.45) is 9.19. The monoisotopic (exact) mass is 499 g/mol. The first-order valence-electron chi connectivity index (χ1n) is 13.5. The molecule has 2 fully saturated rings. The van der Waals surface area contributed by atoms with Gasteiger partial charge in [-0.25, -0.2) is 4.98 Å². The van der Waals surface area contributed by atoms with E-state index in [-0.39, 0.29) is 29.5 Å². The van der Waals surface area contributed by atoms with Gasteiger partial charge in [0.1, 0.15) is 0 Å². The molecule has 2 aliphatic rings. The highest BCUT2D eigenvalue weighted by atomic mass is 16.2. The summed E-state index contributed by atoms with van der Waals surface area (Å²) in [4.78, 5) is 33.3. The fourth-order valence-electron chi connectivity index (χ4n) is 5.22. The maximum atomic E-state index is 13.7. The van der Waals surface area contributed by atoms with Crippen LogP contribution in [0.25, 0.3) is 5.69 Å². The Hall–Kier alpha value is -3.45. The van der Waals surface area contributed by atoms with Crippen LogP contribution in [0.3, 0.4) is 0 Å². The fourth-order valence-corrected chi connectivity index (χ4v) is 5.22. The molecular weight excluding hydrogens is 462 g/mol. The number of hydrogen-bond acceptors (Lipinski definition) is 5. The van der Waals surface area contributed by atoms with E-state index < -0.39 is 0 Å². The average molecular weight is 500 g/mol. The van der Waals surface area contributed by atoms with Crippen molar-refractivity contribution in [1.29, 1.82) is 0 Å². The third-order valence-corrected chi connectivity index (χ3v) is 7.50. The van der Waals surface area contributed by atoms with Gasteiger partial charge in [-0.2, -0.15) is 0 Å². The minimum Gasteiger partial charge on any atom is -0.358 e. The Balaban J connectivity index is 1.43. The number of anilines is 1. The van der Waals surface area contributed by atoms with E-state index in [1.807, 2.05) is 37.3 Å². The van der Waals surface area contributed by atoms with Gasteiger partial charge in [0.05, 0.1) is 11.7 Å². The smallest absolute Gasteiger partial charge is 0.297 e. The van der Waals surface area contributed by atoms with Gasteiger partial charge in [-0.1, -0.05) is 49.7 Å². The molecule has 0 unspecified atom stereocenters. The van der Waals surface area contributed by atoms with Crippen LogP contribution in [-0.2, 0) is 0 Å². The summed E-state index contributed by atoms with van der Waals surface area (Å²) in [5, 5.41) is 6.53. The summed E-state index contributed by atoms with van der Waals surface area (Å²) in [6.45, 7) is 7.42. The molecule has 1 aromatic heterocycles. The second kappa shape index (κ2) is 11.3. The first kappa shape index (κ1) is 25.2.